The van der Waals surface area contributed by atoms with Crippen LogP contribution in [0.1, 0.15) is 0 Å². The molecule has 1 aromatic heterocycles. The minimum absolute atomic E-state index is 0.928. The summed E-state index contributed by atoms with van der Waals surface area (Å²) in [5, 5.41) is 4.66. The zero-order valence-electron chi connectivity index (χ0n) is 10.5. The summed E-state index contributed by atoms with van der Waals surface area (Å²) in [5.74, 6) is 0. The van der Waals surface area contributed by atoms with E-state index in [1.54, 1.807) is 18.6 Å². The lowest BCUT2D eigenvalue weighted by Crippen LogP contribution is -1.97. The number of para-hydroxylation sites is 1. The summed E-state index contributed by atoms with van der Waals surface area (Å²) in [6, 6.07) is 20.2. The molecule has 0 atom stereocenters. The number of benzene rings is 2. The molecule has 1 heterocycles. The Morgan fingerprint density at radius 3 is 2.21 bits per heavy atom. The van der Waals surface area contributed by atoms with Crippen LogP contribution in [-0.2, 0) is 0 Å². The van der Waals surface area contributed by atoms with Crippen LogP contribution >= 0.6 is 11.5 Å². The highest BCUT2D eigenvalue weighted by Crippen LogP contribution is 2.16. The van der Waals surface area contributed by atoms with Crippen molar-refractivity contribution in [3.8, 4) is 16.9 Å². The maximum absolute atomic E-state index is 4.66. The molecule has 0 spiro atoms. The molecule has 0 saturated carbocycles. The van der Waals surface area contributed by atoms with Crippen LogP contribution < -0.4 is 4.67 Å². The first-order valence-electron chi connectivity index (χ1n) is 6.03. The highest BCUT2D eigenvalue weighted by atomic mass is 32.1. The van der Waals surface area contributed by atoms with E-state index >= 15 is 0 Å². The molecule has 3 rings (SSSR count). The molecule has 2 aromatic carbocycles. The third kappa shape index (κ3) is 2.35. The lowest BCUT2D eigenvalue weighted by atomic mass is 10.2. The average molecular weight is 267 g/mol. The van der Waals surface area contributed by atoms with Crippen molar-refractivity contribution in [3.63, 3.8) is 0 Å². The summed E-state index contributed by atoms with van der Waals surface area (Å²) in [6.45, 7) is 0. The second-order valence-electron chi connectivity index (χ2n) is 4.04. The molecule has 3 nitrogen and oxygen atoms in total. The standard InChI is InChI=1S/C15H13N3S/c1-16-15-14(12-8-4-2-5-9-12)17-18(19-15)13-10-6-3-7-11-13/h2-11H,1H3. The zero-order chi connectivity index (χ0) is 13.1. The van der Waals surface area contributed by atoms with Gasteiger partial charge < -0.3 is 0 Å². The lowest BCUT2D eigenvalue weighted by molar-refractivity contribution is 0.959. The van der Waals surface area contributed by atoms with E-state index in [1.165, 1.54) is 0 Å². The summed E-state index contributed by atoms with van der Waals surface area (Å²) < 4.78 is 2.85. The van der Waals surface area contributed by atoms with Gasteiger partial charge in [-0.3, -0.25) is 4.99 Å². The van der Waals surface area contributed by atoms with Crippen LogP contribution in [0.2, 0.25) is 0 Å². The third-order valence-electron chi connectivity index (χ3n) is 2.79. The first-order valence-corrected chi connectivity index (χ1v) is 6.80. The number of hydrogen-bond donors (Lipinski definition) is 0. The number of nitrogens with zero attached hydrogens (tertiary/aromatic N) is 3. The van der Waals surface area contributed by atoms with Crippen molar-refractivity contribution in [2.45, 2.75) is 0 Å². The van der Waals surface area contributed by atoms with Gasteiger partial charge in [-0.15, -0.1) is 0 Å². The van der Waals surface area contributed by atoms with Gasteiger partial charge in [0.1, 0.15) is 5.69 Å². The quantitative estimate of drug-likeness (QED) is 0.701. The van der Waals surface area contributed by atoms with E-state index in [1.807, 2.05) is 52.6 Å². The van der Waals surface area contributed by atoms with Gasteiger partial charge in [-0.05, 0) is 23.7 Å². The van der Waals surface area contributed by atoms with Crippen LogP contribution in [0.3, 0.4) is 0 Å². The Hall–Kier alpha value is -2.20. The minimum Gasteiger partial charge on any atom is -0.275 e. The molecule has 94 valence electrons. The van der Waals surface area contributed by atoms with Crippen LogP contribution in [0.4, 0.5) is 0 Å². The first kappa shape index (κ1) is 11.9. The third-order valence-corrected chi connectivity index (χ3v) is 3.81. The van der Waals surface area contributed by atoms with Crippen molar-refractivity contribution in [1.29, 1.82) is 0 Å². The predicted octanol–water partition coefficient (Wildman–Crippen LogP) is 3.13. The fourth-order valence-electron chi connectivity index (χ4n) is 1.87. The molecule has 0 aliphatic heterocycles. The molecule has 0 aliphatic rings. The molecular weight excluding hydrogens is 254 g/mol. The zero-order valence-corrected chi connectivity index (χ0v) is 11.3. The molecule has 0 saturated heterocycles. The highest BCUT2D eigenvalue weighted by Gasteiger charge is 2.08. The Labute approximate surface area is 115 Å². The molecular formula is C15H13N3S. The molecule has 19 heavy (non-hydrogen) atoms. The number of aromatic nitrogens is 2. The van der Waals surface area contributed by atoms with Crippen molar-refractivity contribution in [2.24, 2.45) is 4.99 Å². The van der Waals surface area contributed by atoms with Gasteiger partial charge >= 0.3 is 0 Å². The minimum atomic E-state index is 0.928. The SMILES string of the molecule is CN=c1sn(-c2ccccc2)nc1-c1ccccc1. The molecule has 0 fully saturated rings. The molecule has 0 unspecified atom stereocenters. The van der Waals surface area contributed by atoms with E-state index in [0.29, 0.717) is 0 Å². The fourth-order valence-corrected chi connectivity index (χ4v) is 2.71. The van der Waals surface area contributed by atoms with Crippen LogP contribution in [-0.4, -0.2) is 16.2 Å². The van der Waals surface area contributed by atoms with Gasteiger partial charge in [-0.25, -0.2) is 0 Å². The van der Waals surface area contributed by atoms with E-state index in [4.69, 9.17) is 0 Å². The Balaban J connectivity index is 2.15. The molecule has 4 heteroatoms. The lowest BCUT2D eigenvalue weighted by Gasteiger charge is -1.98. The summed E-state index contributed by atoms with van der Waals surface area (Å²) in [7, 11) is 1.80. The second kappa shape index (κ2) is 5.20. The van der Waals surface area contributed by atoms with Crippen LogP contribution in [0.25, 0.3) is 16.9 Å². The topological polar surface area (TPSA) is 30.2 Å². The maximum atomic E-state index is 4.66. The maximum Gasteiger partial charge on any atom is 0.157 e. The molecule has 0 amide bonds. The van der Waals surface area contributed by atoms with Gasteiger partial charge in [-0.1, -0.05) is 48.5 Å². The average Bonchev–Trinajstić information content (AvgIpc) is 2.93. The van der Waals surface area contributed by atoms with Crippen LogP contribution in [0.5, 0.6) is 0 Å². The highest BCUT2D eigenvalue weighted by molar-refractivity contribution is 7.04. The van der Waals surface area contributed by atoms with Crippen LogP contribution in [0.15, 0.2) is 65.7 Å². The largest absolute Gasteiger partial charge is 0.275 e. The van der Waals surface area contributed by atoms with E-state index < -0.39 is 0 Å². The predicted molar refractivity (Wildman–Crippen MR) is 78.4 cm³/mol. The van der Waals surface area contributed by atoms with Crippen molar-refractivity contribution in [2.75, 3.05) is 7.05 Å². The summed E-state index contributed by atoms with van der Waals surface area (Å²) in [5.41, 5.74) is 3.07. The summed E-state index contributed by atoms with van der Waals surface area (Å²) in [6.07, 6.45) is 0. The molecule has 0 bridgehead atoms. The van der Waals surface area contributed by atoms with E-state index in [0.717, 1.165) is 21.6 Å². The number of rotatable bonds is 2. The summed E-state index contributed by atoms with van der Waals surface area (Å²) in [4.78, 5) is 4.33. The molecule has 0 N–H and O–H groups in total. The molecule has 0 radical (unpaired) electrons. The van der Waals surface area contributed by atoms with Crippen LogP contribution in [0, 0.1) is 0 Å². The van der Waals surface area contributed by atoms with Gasteiger partial charge in [0, 0.05) is 12.6 Å². The van der Waals surface area contributed by atoms with Gasteiger partial charge in [0.25, 0.3) is 0 Å². The number of hydrogen-bond acceptors (Lipinski definition) is 3. The smallest absolute Gasteiger partial charge is 0.157 e. The fraction of sp³-hybridized carbons (Fsp3) is 0.0667. The van der Waals surface area contributed by atoms with Crippen molar-refractivity contribution in [1.82, 2.24) is 9.17 Å². The second-order valence-corrected chi connectivity index (χ2v) is 4.96. The van der Waals surface area contributed by atoms with Gasteiger partial charge in [0.05, 0.1) is 5.69 Å². The van der Waals surface area contributed by atoms with E-state index in [9.17, 15) is 0 Å². The Kier molecular flexibility index (Phi) is 3.25. The van der Waals surface area contributed by atoms with Crippen molar-refractivity contribution in [3.05, 3.63) is 65.3 Å². The molecule has 0 aliphatic carbocycles. The Bertz CT molecular complexity index is 727. The Morgan fingerprint density at radius 1 is 0.947 bits per heavy atom. The van der Waals surface area contributed by atoms with Gasteiger partial charge in [0.15, 0.2) is 4.67 Å². The van der Waals surface area contributed by atoms with E-state index in [2.05, 4.69) is 22.2 Å². The summed E-state index contributed by atoms with van der Waals surface area (Å²) >= 11 is 1.55. The normalized spacial score (nSPS) is 11.7. The van der Waals surface area contributed by atoms with Gasteiger partial charge in [-0.2, -0.15) is 9.17 Å². The van der Waals surface area contributed by atoms with Crippen molar-refractivity contribution >= 4 is 11.5 Å². The van der Waals surface area contributed by atoms with Crippen molar-refractivity contribution < 1.29 is 0 Å². The van der Waals surface area contributed by atoms with Gasteiger partial charge in [0.2, 0.25) is 0 Å². The Morgan fingerprint density at radius 2 is 1.58 bits per heavy atom. The molecule has 3 aromatic rings. The van der Waals surface area contributed by atoms with E-state index in [-0.39, 0.29) is 0 Å². The first-order chi connectivity index (χ1) is 9.38. The monoisotopic (exact) mass is 267 g/mol.